The summed E-state index contributed by atoms with van der Waals surface area (Å²) < 4.78 is 5.56. The van der Waals surface area contributed by atoms with Gasteiger partial charge in [0.05, 0.1) is 18.2 Å². The van der Waals surface area contributed by atoms with E-state index in [0.717, 1.165) is 23.3 Å². The number of rotatable bonds is 9. The van der Waals surface area contributed by atoms with Crippen LogP contribution in [0.4, 0.5) is 0 Å². The van der Waals surface area contributed by atoms with Crippen LogP contribution < -0.4 is 4.74 Å². The maximum absolute atomic E-state index is 12.6. The van der Waals surface area contributed by atoms with E-state index in [1.54, 1.807) is 35.3 Å². The number of hydrogen-bond acceptors (Lipinski definition) is 3. The molecule has 0 atom stereocenters. The van der Waals surface area contributed by atoms with Crippen LogP contribution >= 0.6 is 0 Å². The molecule has 0 fully saturated rings. The van der Waals surface area contributed by atoms with Gasteiger partial charge in [-0.05, 0) is 47.9 Å². The van der Waals surface area contributed by atoms with Gasteiger partial charge in [0.15, 0.2) is 0 Å². The third kappa shape index (κ3) is 6.48. The van der Waals surface area contributed by atoms with Gasteiger partial charge in [-0.25, -0.2) is 0 Å². The summed E-state index contributed by atoms with van der Waals surface area (Å²) in [6, 6.07) is 17.0. The van der Waals surface area contributed by atoms with Crippen LogP contribution in [0.1, 0.15) is 30.0 Å². The van der Waals surface area contributed by atoms with Gasteiger partial charge in [0.25, 0.3) is 0 Å². The molecule has 2 aromatic carbocycles. The minimum Gasteiger partial charge on any atom is -0.494 e. The lowest BCUT2D eigenvalue weighted by atomic mass is 10.1. The summed E-state index contributed by atoms with van der Waals surface area (Å²) in [4.78, 5) is 14.3. The van der Waals surface area contributed by atoms with Crippen LogP contribution in [-0.4, -0.2) is 24.0 Å². The topological polar surface area (TPSA) is 53.3 Å². The summed E-state index contributed by atoms with van der Waals surface area (Å²) >= 11 is 0. The highest BCUT2D eigenvalue weighted by atomic mass is 16.5. The summed E-state index contributed by atoms with van der Waals surface area (Å²) in [5.74, 6) is 0.736. The highest BCUT2D eigenvalue weighted by Crippen LogP contribution is 2.14. The zero-order valence-corrected chi connectivity index (χ0v) is 15.6. The second-order valence-electron chi connectivity index (χ2n) is 6.07. The molecular formula is C23H24N2O2. The minimum atomic E-state index is -0.0921. The Balaban J connectivity index is 2.01. The molecule has 27 heavy (non-hydrogen) atoms. The van der Waals surface area contributed by atoms with Crippen molar-refractivity contribution in [2.45, 2.75) is 19.9 Å². The summed E-state index contributed by atoms with van der Waals surface area (Å²) in [5.41, 5.74) is 2.51. The van der Waals surface area contributed by atoms with Crippen molar-refractivity contribution in [1.29, 1.82) is 5.26 Å². The van der Waals surface area contributed by atoms with Gasteiger partial charge in [-0.1, -0.05) is 37.3 Å². The first-order valence-electron chi connectivity index (χ1n) is 8.96. The van der Waals surface area contributed by atoms with Gasteiger partial charge in [0, 0.05) is 19.2 Å². The van der Waals surface area contributed by atoms with E-state index in [4.69, 9.17) is 10.00 Å². The summed E-state index contributed by atoms with van der Waals surface area (Å²) in [7, 11) is 0. The molecule has 4 heteroatoms. The Bertz CT molecular complexity index is 815. The molecule has 0 unspecified atom stereocenters. The number of hydrogen-bond donors (Lipinski definition) is 0. The van der Waals surface area contributed by atoms with Crippen LogP contribution in [0.15, 0.2) is 67.3 Å². The smallest absolute Gasteiger partial charge is 0.247 e. The summed E-state index contributed by atoms with van der Waals surface area (Å²) in [6.45, 7) is 7.40. The average Bonchev–Trinajstić information content (AvgIpc) is 2.71. The summed E-state index contributed by atoms with van der Waals surface area (Å²) in [5, 5.41) is 8.88. The molecule has 0 aromatic heterocycles. The second kappa shape index (κ2) is 10.6. The van der Waals surface area contributed by atoms with E-state index in [0.29, 0.717) is 25.3 Å². The molecule has 0 aliphatic carbocycles. The van der Waals surface area contributed by atoms with Crippen molar-refractivity contribution in [3.8, 4) is 11.8 Å². The van der Waals surface area contributed by atoms with Crippen molar-refractivity contribution in [3.05, 3.63) is 84.0 Å². The van der Waals surface area contributed by atoms with Crippen LogP contribution in [0.3, 0.4) is 0 Å². The molecule has 0 bridgehead atoms. The van der Waals surface area contributed by atoms with E-state index < -0.39 is 0 Å². The Hall–Kier alpha value is -3.32. The van der Waals surface area contributed by atoms with E-state index in [2.05, 4.69) is 19.6 Å². The molecule has 0 spiro atoms. The van der Waals surface area contributed by atoms with E-state index in [9.17, 15) is 4.79 Å². The van der Waals surface area contributed by atoms with Gasteiger partial charge in [-0.3, -0.25) is 4.79 Å². The third-order valence-corrected chi connectivity index (χ3v) is 3.89. The number of nitrogens with zero attached hydrogens (tertiary/aromatic N) is 2. The lowest BCUT2D eigenvalue weighted by Gasteiger charge is -2.19. The van der Waals surface area contributed by atoms with Crippen LogP contribution in [0.5, 0.6) is 5.75 Å². The van der Waals surface area contributed by atoms with Gasteiger partial charge < -0.3 is 9.64 Å². The lowest BCUT2D eigenvalue weighted by Crippen LogP contribution is -2.29. The van der Waals surface area contributed by atoms with Crippen molar-refractivity contribution < 1.29 is 9.53 Å². The zero-order valence-electron chi connectivity index (χ0n) is 15.6. The molecule has 0 radical (unpaired) electrons. The molecule has 0 saturated carbocycles. The van der Waals surface area contributed by atoms with E-state index >= 15 is 0 Å². The van der Waals surface area contributed by atoms with Crippen LogP contribution in [0.2, 0.25) is 0 Å². The van der Waals surface area contributed by atoms with E-state index in [1.807, 2.05) is 36.4 Å². The van der Waals surface area contributed by atoms with E-state index in [-0.39, 0.29) is 5.91 Å². The number of carbonyl (C=O) groups excluding carboxylic acids is 1. The molecular weight excluding hydrogens is 336 g/mol. The predicted molar refractivity (Wildman–Crippen MR) is 108 cm³/mol. The Kier molecular flexibility index (Phi) is 7.87. The quantitative estimate of drug-likeness (QED) is 0.486. The second-order valence-corrected chi connectivity index (χ2v) is 6.07. The monoisotopic (exact) mass is 360 g/mol. The number of amides is 1. The van der Waals surface area contributed by atoms with Gasteiger partial charge >= 0.3 is 0 Å². The van der Waals surface area contributed by atoms with Crippen molar-refractivity contribution in [2.24, 2.45) is 0 Å². The Morgan fingerprint density at radius 2 is 1.89 bits per heavy atom. The highest BCUT2D eigenvalue weighted by molar-refractivity contribution is 5.91. The van der Waals surface area contributed by atoms with Crippen molar-refractivity contribution in [1.82, 2.24) is 4.90 Å². The number of benzene rings is 2. The van der Waals surface area contributed by atoms with Crippen molar-refractivity contribution in [2.75, 3.05) is 13.2 Å². The summed E-state index contributed by atoms with van der Waals surface area (Å²) in [6.07, 6.45) is 6.03. The highest BCUT2D eigenvalue weighted by Gasteiger charge is 2.10. The van der Waals surface area contributed by atoms with Crippen LogP contribution in [0, 0.1) is 11.3 Å². The molecule has 138 valence electrons. The Labute approximate surface area is 161 Å². The molecule has 1 amide bonds. The fourth-order valence-electron chi connectivity index (χ4n) is 2.46. The van der Waals surface area contributed by atoms with Crippen LogP contribution in [-0.2, 0) is 11.3 Å². The zero-order chi connectivity index (χ0) is 19.5. The first-order chi connectivity index (χ1) is 13.2. The van der Waals surface area contributed by atoms with Crippen LogP contribution in [0.25, 0.3) is 6.08 Å². The maximum atomic E-state index is 12.6. The maximum Gasteiger partial charge on any atom is 0.247 e. The molecule has 0 N–H and O–H groups in total. The SMILES string of the molecule is C=CCN(Cc1ccc(C#N)cc1)C(=O)/C=C/c1ccc(OCCC)cc1. The third-order valence-electron chi connectivity index (χ3n) is 3.89. The van der Waals surface area contributed by atoms with Gasteiger partial charge in [-0.15, -0.1) is 6.58 Å². The van der Waals surface area contributed by atoms with Crippen molar-refractivity contribution >= 4 is 12.0 Å². The molecule has 0 aliphatic rings. The molecule has 0 aliphatic heterocycles. The Morgan fingerprint density at radius 3 is 2.48 bits per heavy atom. The largest absolute Gasteiger partial charge is 0.494 e. The number of nitriles is 1. The predicted octanol–water partition coefficient (Wildman–Crippen LogP) is 4.58. The van der Waals surface area contributed by atoms with Crippen molar-refractivity contribution in [3.63, 3.8) is 0 Å². The Morgan fingerprint density at radius 1 is 1.19 bits per heavy atom. The van der Waals surface area contributed by atoms with E-state index in [1.165, 1.54) is 0 Å². The molecule has 4 nitrogen and oxygen atoms in total. The fraction of sp³-hybridized carbons (Fsp3) is 0.217. The first-order valence-corrected chi connectivity index (χ1v) is 8.96. The number of carbonyl (C=O) groups is 1. The molecule has 0 saturated heterocycles. The fourth-order valence-corrected chi connectivity index (χ4v) is 2.46. The van der Waals surface area contributed by atoms with Gasteiger partial charge in [-0.2, -0.15) is 5.26 Å². The average molecular weight is 360 g/mol. The normalized spacial score (nSPS) is 10.4. The lowest BCUT2D eigenvalue weighted by molar-refractivity contribution is -0.126. The van der Waals surface area contributed by atoms with Gasteiger partial charge in [0.1, 0.15) is 5.75 Å². The molecule has 2 aromatic rings. The number of ether oxygens (including phenoxy) is 1. The molecule has 2 rings (SSSR count). The standard InChI is InChI=1S/C23H24N2O2/c1-3-15-25(18-21-7-5-20(17-24)6-8-21)23(26)14-11-19-9-12-22(13-10-19)27-16-4-2/h3,5-14H,1,4,15-16,18H2,2H3/b14-11+. The molecule has 0 heterocycles. The minimum absolute atomic E-state index is 0.0921. The van der Waals surface area contributed by atoms with Gasteiger partial charge in [0.2, 0.25) is 5.91 Å². The first kappa shape index (κ1) is 20.0.